The number of imidazole rings is 2. The lowest BCUT2D eigenvalue weighted by Crippen LogP contribution is -1.86. The Hall–Kier alpha value is -3.40. The summed E-state index contributed by atoms with van der Waals surface area (Å²) < 4.78 is 0. The highest BCUT2D eigenvalue weighted by Crippen LogP contribution is 2.28. The number of hydrogen-bond donors (Lipinski definition) is 2. The molecule has 0 fully saturated rings. The van der Waals surface area contributed by atoms with E-state index in [9.17, 15) is 0 Å². The van der Waals surface area contributed by atoms with E-state index in [1.54, 1.807) is 0 Å². The quantitative estimate of drug-likeness (QED) is 0.337. The van der Waals surface area contributed by atoms with Gasteiger partial charge in [-0.05, 0) is 42.2 Å². The van der Waals surface area contributed by atoms with E-state index in [0.29, 0.717) is 0 Å². The van der Waals surface area contributed by atoms with E-state index in [1.807, 2.05) is 0 Å². The maximum Gasteiger partial charge on any atom is 0.138 e. The van der Waals surface area contributed by atoms with E-state index < -0.39 is 0 Å². The van der Waals surface area contributed by atoms with Crippen LogP contribution in [0.5, 0.6) is 0 Å². The van der Waals surface area contributed by atoms with Crippen LogP contribution in [0.4, 0.5) is 0 Å². The average Bonchev–Trinajstić information content (AvgIpc) is 3.40. The van der Waals surface area contributed by atoms with Crippen molar-refractivity contribution in [2.24, 2.45) is 0 Å². The summed E-state index contributed by atoms with van der Waals surface area (Å²) in [4.78, 5) is 16.9. The Labute approximate surface area is 176 Å². The van der Waals surface area contributed by atoms with Crippen LogP contribution < -0.4 is 0 Å². The predicted octanol–water partition coefficient (Wildman–Crippen LogP) is 6.68. The third-order valence-corrected chi connectivity index (χ3v) is 5.64. The lowest BCUT2D eigenvalue weighted by molar-refractivity contribution is 0.927. The van der Waals surface area contributed by atoms with Crippen molar-refractivity contribution in [1.29, 1.82) is 0 Å². The van der Waals surface area contributed by atoms with Gasteiger partial charge in [0.1, 0.15) is 11.6 Å². The number of nitrogens with one attached hydrogen (secondary N) is 2. The topological polar surface area (TPSA) is 57.4 Å². The van der Waals surface area contributed by atoms with Gasteiger partial charge in [0.25, 0.3) is 0 Å². The molecule has 0 radical (unpaired) electrons. The van der Waals surface area contributed by atoms with Gasteiger partial charge < -0.3 is 9.97 Å². The second-order valence-corrected chi connectivity index (χ2v) is 7.88. The van der Waals surface area contributed by atoms with E-state index in [0.717, 1.165) is 70.5 Å². The third-order valence-electron chi connectivity index (χ3n) is 5.64. The molecule has 3 aromatic carbocycles. The lowest BCUT2D eigenvalue weighted by atomic mass is 10.1. The molecule has 4 heteroatoms. The summed E-state index contributed by atoms with van der Waals surface area (Å²) in [6.45, 7) is 4.41. The van der Waals surface area contributed by atoms with Crippen LogP contribution in [-0.4, -0.2) is 19.9 Å². The van der Waals surface area contributed by atoms with Gasteiger partial charge >= 0.3 is 0 Å². The van der Waals surface area contributed by atoms with Gasteiger partial charge in [0.15, 0.2) is 0 Å². The van der Waals surface area contributed by atoms with Gasteiger partial charge in [-0.25, -0.2) is 9.97 Å². The van der Waals surface area contributed by atoms with E-state index >= 15 is 0 Å². The Morgan fingerprint density at radius 1 is 0.633 bits per heavy atom. The van der Waals surface area contributed by atoms with Gasteiger partial charge in [0, 0.05) is 11.1 Å². The summed E-state index contributed by atoms with van der Waals surface area (Å²) in [5.41, 5.74) is 9.08. The molecule has 0 saturated carbocycles. The van der Waals surface area contributed by atoms with Crippen LogP contribution >= 0.6 is 0 Å². The van der Waals surface area contributed by atoms with Gasteiger partial charge in [-0.1, -0.05) is 69.2 Å². The first-order valence-corrected chi connectivity index (χ1v) is 10.8. The van der Waals surface area contributed by atoms with E-state index in [-0.39, 0.29) is 0 Å². The van der Waals surface area contributed by atoms with Crippen LogP contribution in [0, 0.1) is 0 Å². The molecule has 0 aliphatic heterocycles. The molecule has 0 bridgehead atoms. The monoisotopic (exact) mass is 394 g/mol. The second-order valence-electron chi connectivity index (χ2n) is 7.88. The fourth-order valence-electron chi connectivity index (χ4n) is 4.21. The second kappa shape index (κ2) is 7.79. The average molecular weight is 395 g/mol. The van der Waals surface area contributed by atoms with Crippen LogP contribution in [0.3, 0.4) is 0 Å². The highest BCUT2D eigenvalue weighted by atomic mass is 14.9. The molecule has 0 aliphatic carbocycles. The molecule has 2 N–H and O–H groups in total. The van der Waals surface area contributed by atoms with Crippen molar-refractivity contribution in [3.8, 4) is 22.8 Å². The van der Waals surface area contributed by atoms with Crippen molar-refractivity contribution < 1.29 is 0 Å². The number of aromatic amines is 2. The van der Waals surface area contributed by atoms with Crippen molar-refractivity contribution in [3.63, 3.8) is 0 Å². The lowest BCUT2D eigenvalue weighted by Gasteiger charge is -2.01. The molecule has 0 spiro atoms. The molecule has 0 saturated heterocycles. The minimum absolute atomic E-state index is 0.901. The molecule has 0 atom stereocenters. The molecule has 150 valence electrons. The maximum absolute atomic E-state index is 4.93. The molecular formula is C26H26N4. The van der Waals surface area contributed by atoms with Gasteiger partial charge in [-0.15, -0.1) is 0 Å². The Kier molecular flexibility index (Phi) is 4.83. The molecule has 30 heavy (non-hydrogen) atoms. The minimum atomic E-state index is 0.901. The number of aromatic nitrogens is 4. The van der Waals surface area contributed by atoms with Crippen molar-refractivity contribution in [3.05, 3.63) is 71.8 Å². The van der Waals surface area contributed by atoms with Crippen LogP contribution in [-0.2, 0) is 12.8 Å². The maximum atomic E-state index is 4.93. The number of aryl methyl sites for hydroxylation is 2. The summed E-state index contributed by atoms with van der Waals surface area (Å²) >= 11 is 0. The highest BCUT2D eigenvalue weighted by Gasteiger charge is 2.12. The molecule has 0 unspecified atom stereocenters. The Balaban J connectivity index is 1.56. The van der Waals surface area contributed by atoms with Crippen LogP contribution in [0.15, 0.2) is 60.7 Å². The number of hydrogen-bond acceptors (Lipinski definition) is 2. The van der Waals surface area contributed by atoms with Crippen molar-refractivity contribution >= 4 is 22.1 Å². The molecule has 0 amide bonds. The normalized spacial score (nSPS) is 11.5. The predicted molar refractivity (Wildman–Crippen MR) is 125 cm³/mol. The minimum Gasteiger partial charge on any atom is -0.338 e. The van der Waals surface area contributed by atoms with Crippen LogP contribution in [0.25, 0.3) is 44.8 Å². The number of benzene rings is 3. The Morgan fingerprint density at radius 3 is 1.57 bits per heavy atom. The summed E-state index contributed by atoms with van der Waals surface area (Å²) in [5, 5.41) is 0. The zero-order valence-corrected chi connectivity index (χ0v) is 17.5. The molecule has 0 aliphatic rings. The van der Waals surface area contributed by atoms with Crippen LogP contribution in [0.1, 0.15) is 37.8 Å². The third kappa shape index (κ3) is 3.28. The van der Waals surface area contributed by atoms with Gasteiger partial charge in [0.05, 0.1) is 22.1 Å². The van der Waals surface area contributed by atoms with Crippen molar-refractivity contribution in [2.45, 2.75) is 39.5 Å². The number of fused-ring (bicyclic) bond motifs is 2. The summed E-state index contributed by atoms with van der Waals surface area (Å²) in [6.07, 6.45) is 4.31. The van der Waals surface area contributed by atoms with Gasteiger partial charge in [-0.2, -0.15) is 0 Å². The first-order chi connectivity index (χ1) is 14.8. The van der Waals surface area contributed by atoms with Crippen LogP contribution in [0.2, 0.25) is 0 Å². The summed E-state index contributed by atoms with van der Waals surface area (Å²) in [6, 6.07) is 21.2. The highest BCUT2D eigenvalue weighted by molar-refractivity contribution is 5.85. The molecule has 5 rings (SSSR count). The van der Waals surface area contributed by atoms with E-state index in [2.05, 4.69) is 84.5 Å². The molecular weight excluding hydrogens is 368 g/mol. The smallest absolute Gasteiger partial charge is 0.138 e. The molecule has 5 aromatic rings. The van der Waals surface area contributed by atoms with Crippen molar-refractivity contribution in [1.82, 2.24) is 19.9 Å². The molecule has 2 aromatic heterocycles. The van der Waals surface area contributed by atoms with Gasteiger partial charge in [-0.3, -0.25) is 0 Å². The van der Waals surface area contributed by atoms with E-state index in [4.69, 9.17) is 9.97 Å². The number of para-hydroxylation sites is 2. The number of rotatable bonds is 6. The Morgan fingerprint density at radius 2 is 1.10 bits per heavy atom. The zero-order valence-electron chi connectivity index (χ0n) is 17.5. The van der Waals surface area contributed by atoms with E-state index in [1.165, 1.54) is 11.1 Å². The fraction of sp³-hybridized carbons (Fsp3) is 0.231. The molecule has 2 heterocycles. The largest absolute Gasteiger partial charge is 0.338 e. The number of nitrogens with zero attached hydrogens (tertiary/aromatic N) is 2. The van der Waals surface area contributed by atoms with Gasteiger partial charge in [0.2, 0.25) is 0 Å². The fourth-order valence-corrected chi connectivity index (χ4v) is 4.21. The summed E-state index contributed by atoms with van der Waals surface area (Å²) in [5.74, 6) is 1.80. The molecule has 4 nitrogen and oxygen atoms in total. The van der Waals surface area contributed by atoms with Crippen molar-refractivity contribution in [2.75, 3.05) is 0 Å². The first kappa shape index (κ1) is 18.6. The first-order valence-electron chi connectivity index (χ1n) is 10.8. The Bertz CT molecular complexity index is 1230. The number of H-pyrrole nitrogens is 2. The standard InChI is InChI=1S/C26H26N4/c1-3-8-17-10-6-14-21-23(17)29-25(27-21)19-12-5-13-20(16-19)26-28-22-15-7-11-18(9-4-2)24(22)30-26/h5-7,10-16H,3-4,8-9H2,1-2H3,(H,27,29)(H,28,30). The zero-order chi connectivity index (χ0) is 20.5. The SMILES string of the molecule is CCCc1cccc2[nH]c(-c3cccc(-c4nc5c(CCC)cccc5[nH]4)c3)nc12. The summed E-state index contributed by atoms with van der Waals surface area (Å²) in [7, 11) is 0.